The monoisotopic (exact) mass is 214 g/mol. The molecule has 0 radical (unpaired) electrons. The predicted octanol–water partition coefficient (Wildman–Crippen LogP) is 0.465. The number of hydrogen-bond acceptors (Lipinski definition) is 4. The van der Waals surface area contributed by atoms with E-state index < -0.39 is 6.04 Å². The van der Waals surface area contributed by atoms with Gasteiger partial charge in [-0.1, -0.05) is 13.8 Å². The SMILES string of the molecule is CCOC(=O)C(N)CN1CC(C)C(C)C1. The molecular weight excluding hydrogens is 192 g/mol. The summed E-state index contributed by atoms with van der Waals surface area (Å²) in [4.78, 5) is 13.6. The highest BCUT2D eigenvalue weighted by molar-refractivity contribution is 5.75. The van der Waals surface area contributed by atoms with Gasteiger partial charge >= 0.3 is 5.97 Å². The van der Waals surface area contributed by atoms with Crippen LogP contribution in [0.1, 0.15) is 20.8 Å². The zero-order valence-electron chi connectivity index (χ0n) is 9.90. The highest BCUT2D eigenvalue weighted by Gasteiger charge is 2.28. The number of ether oxygens (including phenoxy) is 1. The fourth-order valence-electron chi connectivity index (χ4n) is 2.00. The number of carbonyl (C=O) groups excluding carboxylic acids is 1. The number of esters is 1. The van der Waals surface area contributed by atoms with Gasteiger partial charge in [-0.15, -0.1) is 0 Å². The van der Waals surface area contributed by atoms with Crippen molar-refractivity contribution < 1.29 is 9.53 Å². The van der Waals surface area contributed by atoms with Gasteiger partial charge in [-0.3, -0.25) is 4.79 Å². The summed E-state index contributed by atoms with van der Waals surface area (Å²) in [5.41, 5.74) is 5.76. The third kappa shape index (κ3) is 3.47. The van der Waals surface area contributed by atoms with Gasteiger partial charge < -0.3 is 15.4 Å². The average Bonchev–Trinajstić information content (AvgIpc) is 2.46. The molecule has 0 saturated carbocycles. The van der Waals surface area contributed by atoms with E-state index in [1.54, 1.807) is 6.92 Å². The lowest BCUT2D eigenvalue weighted by Gasteiger charge is -2.19. The Bertz CT molecular complexity index is 211. The van der Waals surface area contributed by atoms with Crippen LogP contribution in [-0.2, 0) is 9.53 Å². The molecule has 3 atom stereocenters. The fourth-order valence-corrected chi connectivity index (χ4v) is 2.00. The lowest BCUT2D eigenvalue weighted by atomic mass is 10.0. The fraction of sp³-hybridized carbons (Fsp3) is 0.909. The summed E-state index contributed by atoms with van der Waals surface area (Å²) in [6.07, 6.45) is 0. The first-order chi connectivity index (χ1) is 7.04. The molecule has 15 heavy (non-hydrogen) atoms. The smallest absolute Gasteiger partial charge is 0.324 e. The van der Waals surface area contributed by atoms with E-state index in [1.165, 1.54) is 0 Å². The number of hydrogen-bond donors (Lipinski definition) is 1. The van der Waals surface area contributed by atoms with Gasteiger partial charge in [-0.05, 0) is 18.8 Å². The van der Waals surface area contributed by atoms with Gasteiger partial charge in [-0.2, -0.15) is 0 Å². The molecule has 1 saturated heterocycles. The molecule has 2 N–H and O–H groups in total. The van der Waals surface area contributed by atoms with Crippen molar-refractivity contribution in [1.29, 1.82) is 0 Å². The van der Waals surface area contributed by atoms with E-state index in [-0.39, 0.29) is 5.97 Å². The first-order valence-electron chi connectivity index (χ1n) is 5.69. The molecule has 0 amide bonds. The van der Waals surface area contributed by atoms with Crippen LogP contribution in [0.5, 0.6) is 0 Å². The minimum atomic E-state index is -0.498. The maximum atomic E-state index is 11.3. The molecule has 0 aromatic carbocycles. The minimum Gasteiger partial charge on any atom is -0.465 e. The Labute approximate surface area is 91.8 Å². The third-order valence-corrected chi connectivity index (χ3v) is 3.11. The topological polar surface area (TPSA) is 55.6 Å². The van der Waals surface area contributed by atoms with Gasteiger partial charge in [0.05, 0.1) is 6.61 Å². The summed E-state index contributed by atoms with van der Waals surface area (Å²) in [6, 6.07) is -0.498. The minimum absolute atomic E-state index is 0.287. The molecule has 3 unspecified atom stereocenters. The van der Waals surface area contributed by atoms with Crippen molar-refractivity contribution in [3.8, 4) is 0 Å². The van der Waals surface area contributed by atoms with Crippen molar-refractivity contribution in [2.45, 2.75) is 26.8 Å². The Hall–Kier alpha value is -0.610. The van der Waals surface area contributed by atoms with E-state index in [2.05, 4.69) is 18.7 Å². The number of likely N-dealkylation sites (tertiary alicyclic amines) is 1. The highest BCUT2D eigenvalue weighted by Crippen LogP contribution is 2.21. The van der Waals surface area contributed by atoms with E-state index in [0.29, 0.717) is 25.0 Å². The van der Waals surface area contributed by atoms with Crippen molar-refractivity contribution in [2.75, 3.05) is 26.2 Å². The van der Waals surface area contributed by atoms with Crippen molar-refractivity contribution in [2.24, 2.45) is 17.6 Å². The van der Waals surface area contributed by atoms with Crippen molar-refractivity contribution >= 4 is 5.97 Å². The van der Waals surface area contributed by atoms with Crippen LogP contribution in [0.25, 0.3) is 0 Å². The van der Waals surface area contributed by atoms with Gasteiger partial charge in [0.1, 0.15) is 6.04 Å². The summed E-state index contributed by atoms with van der Waals surface area (Å²) < 4.78 is 4.88. The van der Waals surface area contributed by atoms with Gasteiger partial charge in [0, 0.05) is 19.6 Å². The summed E-state index contributed by atoms with van der Waals surface area (Å²) in [7, 11) is 0. The molecule has 0 bridgehead atoms. The van der Waals surface area contributed by atoms with Gasteiger partial charge in [-0.25, -0.2) is 0 Å². The summed E-state index contributed by atoms with van der Waals surface area (Å²) >= 11 is 0. The molecule has 1 aliphatic heterocycles. The Morgan fingerprint density at radius 1 is 1.47 bits per heavy atom. The zero-order chi connectivity index (χ0) is 11.4. The Morgan fingerprint density at radius 2 is 2.00 bits per heavy atom. The van der Waals surface area contributed by atoms with Crippen LogP contribution in [-0.4, -0.2) is 43.2 Å². The molecular formula is C11H22N2O2. The lowest BCUT2D eigenvalue weighted by Crippen LogP contribution is -2.43. The summed E-state index contributed by atoms with van der Waals surface area (Å²) in [6.45, 7) is 9.36. The number of nitrogens with zero attached hydrogens (tertiary/aromatic N) is 1. The Morgan fingerprint density at radius 3 is 2.47 bits per heavy atom. The van der Waals surface area contributed by atoms with Gasteiger partial charge in [0.2, 0.25) is 0 Å². The average molecular weight is 214 g/mol. The van der Waals surface area contributed by atoms with Crippen molar-refractivity contribution in [3.63, 3.8) is 0 Å². The Kier molecular flexibility index (Phi) is 4.54. The predicted molar refractivity (Wildman–Crippen MR) is 59.4 cm³/mol. The molecule has 1 heterocycles. The molecule has 0 aromatic rings. The van der Waals surface area contributed by atoms with Crippen LogP contribution in [0.4, 0.5) is 0 Å². The highest BCUT2D eigenvalue weighted by atomic mass is 16.5. The summed E-state index contributed by atoms with van der Waals surface area (Å²) in [5.74, 6) is 1.10. The van der Waals surface area contributed by atoms with Crippen LogP contribution < -0.4 is 5.73 Å². The molecule has 0 spiro atoms. The van der Waals surface area contributed by atoms with E-state index >= 15 is 0 Å². The van der Waals surface area contributed by atoms with Crippen molar-refractivity contribution in [1.82, 2.24) is 4.90 Å². The van der Waals surface area contributed by atoms with E-state index in [0.717, 1.165) is 13.1 Å². The third-order valence-electron chi connectivity index (χ3n) is 3.11. The van der Waals surface area contributed by atoms with Crippen molar-refractivity contribution in [3.05, 3.63) is 0 Å². The maximum absolute atomic E-state index is 11.3. The second kappa shape index (κ2) is 5.47. The molecule has 4 nitrogen and oxygen atoms in total. The number of carbonyl (C=O) groups is 1. The first kappa shape index (κ1) is 12.5. The standard InChI is InChI=1S/C11H22N2O2/c1-4-15-11(14)10(12)7-13-5-8(2)9(3)6-13/h8-10H,4-7,12H2,1-3H3. The summed E-state index contributed by atoms with van der Waals surface area (Å²) in [5, 5.41) is 0. The second-order valence-corrected chi connectivity index (χ2v) is 4.53. The molecule has 0 aliphatic carbocycles. The quantitative estimate of drug-likeness (QED) is 0.691. The zero-order valence-corrected chi connectivity index (χ0v) is 9.90. The first-order valence-corrected chi connectivity index (χ1v) is 5.69. The van der Waals surface area contributed by atoms with E-state index in [4.69, 9.17) is 10.5 Å². The van der Waals surface area contributed by atoms with Gasteiger partial charge in [0.15, 0.2) is 0 Å². The number of rotatable bonds is 4. The molecule has 4 heteroatoms. The normalized spacial score (nSPS) is 29.1. The van der Waals surface area contributed by atoms with Crippen LogP contribution in [0.15, 0.2) is 0 Å². The molecule has 1 rings (SSSR count). The molecule has 0 aromatic heterocycles. The van der Waals surface area contributed by atoms with Gasteiger partial charge in [0.25, 0.3) is 0 Å². The lowest BCUT2D eigenvalue weighted by molar-refractivity contribution is -0.145. The maximum Gasteiger partial charge on any atom is 0.324 e. The molecule has 1 aliphatic rings. The second-order valence-electron chi connectivity index (χ2n) is 4.53. The van der Waals surface area contributed by atoms with E-state index in [1.807, 2.05) is 0 Å². The van der Waals surface area contributed by atoms with Crippen LogP contribution in [0.2, 0.25) is 0 Å². The van der Waals surface area contributed by atoms with Crippen LogP contribution in [0, 0.1) is 11.8 Å². The Balaban J connectivity index is 2.33. The molecule has 1 fully saturated rings. The van der Waals surface area contributed by atoms with E-state index in [9.17, 15) is 4.79 Å². The number of nitrogens with two attached hydrogens (primary N) is 1. The van der Waals surface area contributed by atoms with Crippen LogP contribution in [0.3, 0.4) is 0 Å². The largest absolute Gasteiger partial charge is 0.465 e. The van der Waals surface area contributed by atoms with Crippen LogP contribution >= 0.6 is 0 Å². The molecule has 88 valence electrons.